The number of methoxy groups -OCH3 is 1. The molecule has 3 aromatic carbocycles. The number of amidine groups is 1. The van der Waals surface area contributed by atoms with Gasteiger partial charge in [0, 0.05) is 29.4 Å². The van der Waals surface area contributed by atoms with E-state index in [9.17, 15) is 9.59 Å². The quantitative estimate of drug-likeness (QED) is 0.303. The van der Waals surface area contributed by atoms with Gasteiger partial charge in [0.15, 0.2) is 5.17 Å². The van der Waals surface area contributed by atoms with E-state index < -0.39 is 0 Å². The van der Waals surface area contributed by atoms with Gasteiger partial charge in [-0.3, -0.25) is 4.79 Å². The fraction of sp³-hybridized carbons (Fsp3) is 0.258. The van der Waals surface area contributed by atoms with Gasteiger partial charge >= 0.3 is 6.03 Å². The van der Waals surface area contributed by atoms with Crippen molar-refractivity contribution >= 4 is 45.9 Å². The molecule has 206 valence electrons. The largest absolute Gasteiger partial charge is 0.497 e. The third-order valence-corrected chi connectivity index (χ3v) is 8.01. The van der Waals surface area contributed by atoms with Crippen molar-refractivity contribution in [3.05, 3.63) is 95.2 Å². The van der Waals surface area contributed by atoms with Crippen molar-refractivity contribution in [2.45, 2.75) is 32.7 Å². The summed E-state index contributed by atoms with van der Waals surface area (Å²) in [5, 5.41) is 9.77. The molecule has 9 heteroatoms. The number of aryl methyl sites for hydroxylation is 1. The van der Waals surface area contributed by atoms with Gasteiger partial charge in [0.25, 0.3) is 5.91 Å². The maximum Gasteiger partial charge on any atom is 0.323 e. The molecule has 1 atom stereocenters. The summed E-state index contributed by atoms with van der Waals surface area (Å²) in [6, 6.07) is 22.1. The minimum Gasteiger partial charge on any atom is -0.497 e. The van der Waals surface area contributed by atoms with E-state index in [4.69, 9.17) is 9.73 Å². The molecule has 0 radical (unpaired) electrons. The molecule has 2 heterocycles. The number of fused-ring (bicyclic) bond motifs is 1. The standard InChI is InChI=1S/C31H33N5O3S/c1-4-21-7-5-8-25(19-21)35-30(38)34-24-11-9-22(10-12-24)28-27(20(2)32-31-36(28)17-6-18-40-31)29(37)33-23-13-15-26(39-3)16-14-23/h5,7-16,19,28H,4,6,17-18H2,1-3H3,(H,33,37)(H2,34,35,38). The highest BCUT2D eigenvalue weighted by Gasteiger charge is 2.37. The van der Waals surface area contributed by atoms with Crippen molar-refractivity contribution in [1.82, 2.24) is 4.90 Å². The van der Waals surface area contributed by atoms with Gasteiger partial charge in [-0.25, -0.2) is 9.79 Å². The van der Waals surface area contributed by atoms with Crippen molar-refractivity contribution < 1.29 is 14.3 Å². The zero-order valence-corrected chi connectivity index (χ0v) is 23.7. The lowest BCUT2D eigenvalue weighted by atomic mass is 9.93. The first-order valence-electron chi connectivity index (χ1n) is 13.4. The number of carbonyl (C=O) groups is 2. The molecule has 8 nitrogen and oxygen atoms in total. The minimum absolute atomic E-state index is 0.193. The fourth-order valence-electron chi connectivity index (χ4n) is 4.89. The normalized spacial score (nSPS) is 16.5. The van der Waals surface area contributed by atoms with Crippen LogP contribution < -0.4 is 20.7 Å². The van der Waals surface area contributed by atoms with E-state index in [1.807, 2.05) is 79.7 Å². The van der Waals surface area contributed by atoms with Crippen LogP contribution in [0.15, 0.2) is 89.1 Å². The van der Waals surface area contributed by atoms with E-state index in [-0.39, 0.29) is 18.0 Å². The third-order valence-electron chi connectivity index (χ3n) is 6.93. The van der Waals surface area contributed by atoms with Crippen molar-refractivity contribution in [3.8, 4) is 5.75 Å². The van der Waals surface area contributed by atoms with E-state index in [0.29, 0.717) is 22.6 Å². The van der Waals surface area contributed by atoms with Crippen LogP contribution in [0, 0.1) is 0 Å². The molecular weight excluding hydrogens is 522 g/mol. The number of nitrogens with zero attached hydrogens (tertiary/aromatic N) is 2. The number of allylic oxidation sites excluding steroid dienone is 1. The number of carbonyl (C=O) groups excluding carboxylic acids is 2. The summed E-state index contributed by atoms with van der Waals surface area (Å²) >= 11 is 1.72. The monoisotopic (exact) mass is 555 g/mol. The van der Waals surface area contributed by atoms with Crippen molar-refractivity contribution in [2.24, 2.45) is 4.99 Å². The predicted octanol–water partition coefficient (Wildman–Crippen LogP) is 6.66. The number of benzene rings is 3. The topological polar surface area (TPSA) is 95.1 Å². The number of thioether (sulfide) groups is 1. The van der Waals surface area contributed by atoms with E-state index >= 15 is 0 Å². The van der Waals surface area contributed by atoms with E-state index in [2.05, 4.69) is 27.8 Å². The molecule has 3 aromatic rings. The van der Waals surface area contributed by atoms with Gasteiger partial charge in [-0.05, 0) is 79.4 Å². The number of ether oxygens (including phenoxy) is 1. The first-order valence-corrected chi connectivity index (χ1v) is 14.3. The Morgan fingerprint density at radius 2 is 1.68 bits per heavy atom. The molecule has 40 heavy (non-hydrogen) atoms. The molecule has 0 bridgehead atoms. The third kappa shape index (κ3) is 6.15. The smallest absolute Gasteiger partial charge is 0.323 e. The highest BCUT2D eigenvalue weighted by atomic mass is 32.2. The Bertz CT molecular complexity index is 1450. The second-order valence-corrected chi connectivity index (χ2v) is 10.7. The van der Waals surface area contributed by atoms with Crippen LogP contribution in [0.25, 0.3) is 0 Å². The van der Waals surface area contributed by atoms with Gasteiger partial charge in [-0.2, -0.15) is 0 Å². The number of urea groups is 1. The number of nitrogens with one attached hydrogen (secondary N) is 3. The fourth-order valence-corrected chi connectivity index (χ4v) is 5.91. The maximum atomic E-state index is 13.7. The van der Waals surface area contributed by atoms with E-state index in [1.165, 1.54) is 0 Å². The van der Waals surface area contributed by atoms with E-state index in [1.54, 1.807) is 18.9 Å². The van der Waals surface area contributed by atoms with Gasteiger partial charge in [0.1, 0.15) is 5.75 Å². The molecule has 3 amide bonds. The van der Waals surface area contributed by atoms with Gasteiger partial charge in [-0.15, -0.1) is 0 Å². The van der Waals surface area contributed by atoms with Crippen molar-refractivity contribution in [2.75, 3.05) is 35.4 Å². The summed E-state index contributed by atoms with van der Waals surface area (Å²) in [6.45, 7) is 4.78. The van der Waals surface area contributed by atoms with Crippen LogP contribution in [0.4, 0.5) is 21.9 Å². The number of amides is 3. The predicted molar refractivity (Wildman–Crippen MR) is 163 cm³/mol. The van der Waals surface area contributed by atoms with Gasteiger partial charge in [-0.1, -0.05) is 43.0 Å². The summed E-state index contributed by atoms with van der Waals surface area (Å²) in [5.74, 6) is 1.53. The Kier molecular flexibility index (Phi) is 8.40. The molecule has 0 spiro atoms. The minimum atomic E-state index is -0.309. The molecule has 1 saturated heterocycles. The molecule has 0 aromatic heterocycles. The second kappa shape index (κ2) is 12.3. The Morgan fingerprint density at radius 1 is 0.975 bits per heavy atom. The van der Waals surface area contributed by atoms with Crippen LogP contribution in [0.1, 0.15) is 37.4 Å². The molecular formula is C31H33N5O3S. The summed E-state index contributed by atoms with van der Waals surface area (Å²) in [7, 11) is 1.61. The molecule has 1 fully saturated rings. The summed E-state index contributed by atoms with van der Waals surface area (Å²) in [5.41, 5.74) is 5.51. The van der Waals surface area contributed by atoms with Crippen LogP contribution in [-0.4, -0.2) is 41.4 Å². The lowest BCUT2D eigenvalue weighted by molar-refractivity contribution is -0.113. The Balaban J connectivity index is 1.36. The lowest BCUT2D eigenvalue weighted by Crippen LogP contribution is -2.43. The summed E-state index contributed by atoms with van der Waals surface area (Å²) < 4.78 is 5.24. The first kappa shape index (κ1) is 27.3. The van der Waals surface area contributed by atoms with Gasteiger partial charge in [0.05, 0.1) is 24.4 Å². The molecule has 3 N–H and O–H groups in total. The number of aliphatic imine (C=N–C) groups is 1. The molecule has 0 saturated carbocycles. The zero-order valence-electron chi connectivity index (χ0n) is 22.9. The Labute approximate surface area is 238 Å². The summed E-state index contributed by atoms with van der Waals surface area (Å²) in [4.78, 5) is 33.3. The van der Waals surface area contributed by atoms with Gasteiger partial charge in [0.2, 0.25) is 0 Å². The van der Waals surface area contributed by atoms with Crippen LogP contribution in [0.5, 0.6) is 5.75 Å². The molecule has 2 aliphatic heterocycles. The summed E-state index contributed by atoms with van der Waals surface area (Å²) in [6.07, 6.45) is 1.90. The van der Waals surface area contributed by atoms with Crippen LogP contribution in [0.2, 0.25) is 0 Å². The van der Waals surface area contributed by atoms with Crippen molar-refractivity contribution in [3.63, 3.8) is 0 Å². The average Bonchev–Trinajstić information content (AvgIpc) is 2.97. The molecule has 5 rings (SSSR count). The maximum absolute atomic E-state index is 13.7. The number of hydrogen-bond donors (Lipinski definition) is 3. The van der Waals surface area contributed by atoms with Crippen LogP contribution in [-0.2, 0) is 11.2 Å². The number of hydrogen-bond acceptors (Lipinski definition) is 6. The second-order valence-electron chi connectivity index (χ2n) is 9.63. The zero-order chi connectivity index (χ0) is 28.1. The molecule has 2 aliphatic rings. The van der Waals surface area contributed by atoms with Crippen LogP contribution in [0.3, 0.4) is 0 Å². The van der Waals surface area contributed by atoms with Crippen LogP contribution >= 0.6 is 11.8 Å². The highest BCUT2D eigenvalue weighted by molar-refractivity contribution is 8.13. The average molecular weight is 556 g/mol. The number of rotatable bonds is 7. The highest BCUT2D eigenvalue weighted by Crippen LogP contribution is 2.40. The first-order chi connectivity index (χ1) is 19.4. The van der Waals surface area contributed by atoms with Crippen molar-refractivity contribution in [1.29, 1.82) is 0 Å². The SMILES string of the molecule is CCc1cccc(NC(=O)Nc2ccc(C3C(C(=O)Nc4ccc(OC)cc4)=C(C)N=C4SCCCN43)cc2)c1. The number of anilines is 3. The molecule has 0 aliphatic carbocycles. The van der Waals surface area contributed by atoms with Gasteiger partial charge < -0.3 is 25.6 Å². The van der Waals surface area contributed by atoms with E-state index in [0.717, 1.165) is 52.9 Å². The Morgan fingerprint density at radius 3 is 2.40 bits per heavy atom. The molecule has 1 unspecified atom stereocenters. The lowest BCUT2D eigenvalue weighted by Gasteiger charge is -2.41. The Hall–Kier alpha value is -4.24.